The van der Waals surface area contributed by atoms with Crippen LogP contribution in [-0.2, 0) is 0 Å². The van der Waals surface area contributed by atoms with Gasteiger partial charge in [0.05, 0.1) is 6.61 Å². The quantitative estimate of drug-likeness (QED) is 0.398. The Morgan fingerprint density at radius 2 is 1.70 bits per heavy atom. The Morgan fingerprint density at radius 1 is 1.00 bits per heavy atom. The summed E-state index contributed by atoms with van der Waals surface area (Å²) in [6.45, 7) is 2.49. The van der Waals surface area contributed by atoms with E-state index in [1.165, 1.54) is 0 Å². The Bertz CT molecular complexity index is 1170. The van der Waals surface area contributed by atoms with Gasteiger partial charge in [0.2, 0.25) is 0 Å². The van der Waals surface area contributed by atoms with Crippen molar-refractivity contribution >= 4 is 23.2 Å². The fourth-order valence-electron chi connectivity index (χ4n) is 3.12. The standard InChI is InChI=1S/C24H19ClN2O3/c1-2-29-22-10-6-4-8-19(22)18-7-3-5-9-20(18)26-24(28)21-15-23(30-27-21)16-11-13-17(25)14-12-16/h3-15H,2H2,1H3,(H,26,28). The summed E-state index contributed by atoms with van der Waals surface area (Å²) in [6.07, 6.45) is 0. The largest absolute Gasteiger partial charge is 0.493 e. The fraction of sp³-hybridized carbons (Fsp3) is 0.0833. The first-order valence-electron chi connectivity index (χ1n) is 9.51. The zero-order chi connectivity index (χ0) is 20.9. The highest BCUT2D eigenvalue weighted by Crippen LogP contribution is 2.35. The van der Waals surface area contributed by atoms with Gasteiger partial charge in [-0.15, -0.1) is 0 Å². The fourth-order valence-corrected chi connectivity index (χ4v) is 3.24. The molecule has 0 unspecified atom stereocenters. The van der Waals surface area contributed by atoms with Crippen LogP contribution < -0.4 is 10.1 Å². The molecule has 4 rings (SSSR count). The van der Waals surface area contributed by atoms with Crippen molar-refractivity contribution in [2.24, 2.45) is 0 Å². The van der Waals surface area contributed by atoms with Gasteiger partial charge in [0.25, 0.3) is 5.91 Å². The SMILES string of the molecule is CCOc1ccccc1-c1ccccc1NC(=O)c1cc(-c2ccc(Cl)cc2)on1. The lowest BCUT2D eigenvalue weighted by molar-refractivity contribution is 0.101. The number of hydrogen-bond acceptors (Lipinski definition) is 4. The van der Waals surface area contributed by atoms with Gasteiger partial charge in [-0.3, -0.25) is 4.79 Å². The number of aromatic nitrogens is 1. The lowest BCUT2D eigenvalue weighted by atomic mass is 10.0. The van der Waals surface area contributed by atoms with Crippen molar-refractivity contribution in [3.8, 4) is 28.2 Å². The number of rotatable bonds is 6. The number of carbonyl (C=O) groups is 1. The Morgan fingerprint density at radius 3 is 2.47 bits per heavy atom. The second-order valence-corrected chi connectivity index (χ2v) is 6.95. The topological polar surface area (TPSA) is 64.4 Å². The molecule has 1 aromatic heterocycles. The van der Waals surface area contributed by atoms with Gasteiger partial charge in [-0.25, -0.2) is 0 Å². The maximum absolute atomic E-state index is 12.8. The molecule has 4 aromatic rings. The molecular weight excluding hydrogens is 400 g/mol. The van der Waals surface area contributed by atoms with E-state index < -0.39 is 0 Å². The monoisotopic (exact) mass is 418 g/mol. The second-order valence-electron chi connectivity index (χ2n) is 6.51. The predicted octanol–water partition coefficient (Wildman–Crippen LogP) is 6.31. The number of amides is 1. The molecule has 0 aliphatic carbocycles. The van der Waals surface area contributed by atoms with Crippen molar-refractivity contribution in [1.82, 2.24) is 5.16 Å². The van der Waals surface area contributed by atoms with E-state index in [1.807, 2.05) is 67.6 Å². The summed E-state index contributed by atoms with van der Waals surface area (Å²) in [5.41, 5.74) is 3.39. The van der Waals surface area contributed by atoms with E-state index in [-0.39, 0.29) is 11.6 Å². The minimum atomic E-state index is -0.361. The van der Waals surface area contributed by atoms with Crippen LogP contribution in [0.4, 0.5) is 5.69 Å². The lowest BCUT2D eigenvalue weighted by Gasteiger charge is -2.14. The van der Waals surface area contributed by atoms with E-state index in [0.29, 0.717) is 23.1 Å². The highest BCUT2D eigenvalue weighted by Gasteiger charge is 2.17. The van der Waals surface area contributed by atoms with Crippen LogP contribution in [0.2, 0.25) is 5.02 Å². The number of anilines is 1. The predicted molar refractivity (Wildman–Crippen MR) is 118 cm³/mol. The summed E-state index contributed by atoms with van der Waals surface area (Å²) >= 11 is 5.92. The van der Waals surface area contributed by atoms with Crippen LogP contribution in [-0.4, -0.2) is 17.7 Å². The molecule has 0 aliphatic rings. The maximum Gasteiger partial charge on any atom is 0.277 e. The molecule has 0 radical (unpaired) electrons. The van der Waals surface area contributed by atoms with Crippen LogP contribution in [0.15, 0.2) is 83.4 Å². The molecule has 30 heavy (non-hydrogen) atoms. The average molecular weight is 419 g/mol. The van der Waals surface area contributed by atoms with Gasteiger partial charge in [-0.2, -0.15) is 0 Å². The van der Waals surface area contributed by atoms with Crippen molar-refractivity contribution < 1.29 is 14.1 Å². The Kier molecular flexibility index (Phi) is 5.82. The number of carbonyl (C=O) groups excluding carboxylic acids is 1. The summed E-state index contributed by atoms with van der Waals surface area (Å²) in [5.74, 6) is 0.889. The molecule has 0 spiro atoms. The average Bonchev–Trinajstić information content (AvgIpc) is 3.26. The molecule has 6 heteroatoms. The lowest BCUT2D eigenvalue weighted by Crippen LogP contribution is -2.13. The van der Waals surface area contributed by atoms with E-state index in [2.05, 4.69) is 10.5 Å². The van der Waals surface area contributed by atoms with Crippen LogP contribution >= 0.6 is 11.6 Å². The van der Waals surface area contributed by atoms with Crippen molar-refractivity contribution in [3.05, 3.63) is 89.6 Å². The third kappa shape index (κ3) is 4.21. The minimum Gasteiger partial charge on any atom is -0.493 e. The molecule has 3 aromatic carbocycles. The number of ether oxygens (including phenoxy) is 1. The van der Waals surface area contributed by atoms with Crippen molar-refractivity contribution in [2.45, 2.75) is 6.92 Å². The Hall–Kier alpha value is -3.57. The summed E-state index contributed by atoms with van der Waals surface area (Å²) in [6, 6.07) is 24.0. The van der Waals surface area contributed by atoms with Gasteiger partial charge in [-0.05, 0) is 43.3 Å². The zero-order valence-electron chi connectivity index (χ0n) is 16.3. The molecule has 5 nitrogen and oxygen atoms in total. The minimum absolute atomic E-state index is 0.188. The van der Waals surface area contributed by atoms with Crippen molar-refractivity contribution in [1.29, 1.82) is 0 Å². The van der Waals surface area contributed by atoms with E-state index >= 15 is 0 Å². The number of hydrogen-bond donors (Lipinski definition) is 1. The molecule has 0 saturated carbocycles. The van der Waals surface area contributed by atoms with E-state index in [9.17, 15) is 4.79 Å². The molecule has 0 aliphatic heterocycles. The van der Waals surface area contributed by atoms with Gasteiger partial charge in [0, 0.05) is 33.5 Å². The van der Waals surface area contributed by atoms with Crippen molar-refractivity contribution in [3.63, 3.8) is 0 Å². The van der Waals surface area contributed by atoms with Gasteiger partial charge in [-0.1, -0.05) is 53.2 Å². The zero-order valence-corrected chi connectivity index (χ0v) is 17.0. The first kappa shape index (κ1) is 19.7. The van der Waals surface area contributed by atoms with E-state index in [0.717, 1.165) is 22.4 Å². The molecule has 0 saturated heterocycles. The third-order valence-corrected chi connectivity index (χ3v) is 4.78. The normalized spacial score (nSPS) is 10.6. The molecule has 0 bridgehead atoms. The smallest absolute Gasteiger partial charge is 0.277 e. The van der Waals surface area contributed by atoms with E-state index in [1.54, 1.807) is 18.2 Å². The summed E-state index contributed by atoms with van der Waals surface area (Å²) < 4.78 is 11.1. The summed E-state index contributed by atoms with van der Waals surface area (Å²) in [7, 11) is 0. The molecule has 0 fully saturated rings. The molecule has 150 valence electrons. The van der Waals surface area contributed by atoms with Crippen LogP contribution in [0.25, 0.3) is 22.5 Å². The number of nitrogens with one attached hydrogen (secondary N) is 1. The van der Waals surface area contributed by atoms with Gasteiger partial charge < -0.3 is 14.6 Å². The third-order valence-electron chi connectivity index (χ3n) is 4.52. The van der Waals surface area contributed by atoms with Gasteiger partial charge >= 0.3 is 0 Å². The molecule has 1 heterocycles. The Balaban J connectivity index is 1.60. The summed E-state index contributed by atoms with van der Waals surface area (Å²) in [4.78, 5) is 12.8. The number of para-hydroxylation sites is 2. The van der Waals surface area contributed by atoms with Crippen LogP contribution in [0.1, 0.15) is 17.4 Å². The Labute approximate surface area is 179 Å². The van der Waals surface area contributed by atoms with Crippen LogP contribution in [0, 0.1) is 0 Å². The summed E-state index contributed by atoms with van der Waals surface area (Å²) in [5, 5.41) is 7.47. The van der Waals surface area contributed by atoms with Crippen LogP contribution in [0.3, 0.4) is 0 Å². The van der Waals surface area contributed by atoms with Crippen LogP contribution in [0.5, 0.6) is 5.75 Å². The highest BCUT2D eigenvalue weighted by atomic mass is 35.5. The van der Waals surface area contributed by atoms with E-state index in [4.69, 9.17) is 20.9 Å². The van der Waals surface area contributed by atoms with Gasteiger partial charge in [0.1, 0.15) is 5.75 Å². The molecule has 1 N–H and O–H groups in total. The van der Waals surface area contributed by atoms with Gasteiger partial charge in [0.15, 0.2) is 11.5 Å². The maximum atomic E-state index is 12.8. The molecule has 0 atom stereocenters. The highest BCUT2D eigenvalue weighted by molar-refractivity contribution is 6.30. The first-order chi connectivity index (χ1) is 14.7. The van der Waals surface area contributed by atoms with Crippen molar-refractivity contribution in [2.75, 3.05) is 11.9 Å². The molecule has 1 amide bonds. The molecular formula is C24H19ClN2O3. The first-order valence-corrected chi connectivity index (χ1v) is 9.88. The number of halogens is 1. The number of nitrogens with zero attached hydrogens (tertiary/aromatic N) is 1. The second kappa shape index (κ2) is 8.84. The number of benzene rings is 3.